The van der Waals surface area contributed by atoms with Gasteiger partial charge in [-0.3, -0.25) is 0 Å². The van der Waals surface area contributed by atoms with Crippen LogP contribution in [0.15, 0.2) is 29.6 Å². The molecule has 0 unspecified atom stereocenters. The van der Waals surface area contributed by atoms with Gasteiger partial charge in [-0.15, -0.1) is 11.3 Å². The van der Waals surface area contributed by atoms with Crippen molar-refractivity contribution in [1.82, 2.24) is 10.3 Å². The van der Waals surface area contributed by atoms with Crippen LogP contribution in [-0.4, -0.2) is 4.98 Å². The van der Waals surface area contributed by atoms with Gasteiger partial charge in [0.2, 0.25) is 0 Å². The van der Waals surface area contributed by atoms with Gasteiger partial charge in [-0.05, 0) is 18.1 Å². The van der Waals surface area contributed by atoms with Gasteiger partial charge in [-0.2, -0.15) is 0 Å². The summed E-state index contributed by atoms with van der Waals surface area (Å²) < 4.78 is 0. The first-order chi connectivity index (χ1) is 8.97. The highest BCUT2D eigenvalue weighted by molar-refractivity contribution is 7.09. The number of hydrogen-bond acceptors (Lipinski definition) is 3. The Morgan fingerprint density at radius 1 is 1.16 bits per heavy atom. The van der Waals surface area contributed by atoms with Gasteiger partial charge in [0.05, 0.1) is 10.7 Å². The standard InChI is InChI=1S/C16H22N2S/c1-12-7-5-6-8-13(12)9-17-10-14-11-19-15(18-14)16(2,3)4/h5-8,11,17H,9-10H2,1-4H3. The molecule has 0 atom stereocenters. The van der Waals surface area contributed by atoms with Gasteiger partial charge in [-0.25, -0.2) is 4.98 Å². The van der Waals surface area contributed by atoms with Crippen molar-refractivity contribution in [1.29, 1.82) is 0 Å². The molecule has 0 bridgehead atoms. The lowest BCUT2D eigenvalue weighted by molar-refractivity contribution is 0.579. The molecule has 0 spiro atoms. The number of nitrogens with zero attached hydrogens (tertiary/aromatic N) is 1. The van der Waals surface area contributed by atoms with E-state index in [-0.39, 0.29) is 5.41 Å². The Labute approximate surface area is 119 Å². The average Bonchev–Trinajstić information content (AvgIpc) is 2.80. The van der Waals surface area contributed by atoms with Crippen molar-refractivity contribution in [2.45, 2.75) is 46.2 Å². The van der Waals surface area contributed by atoms with Gasteiger partial charge >= 0.3 is 0 Å². The summed E-state index contributed by atoms with van der Waals surface area (Å²) in [5, 5.41) is 6.83. The first kappa shape index (κ1) is 14.2. The minimum atomic E-state index is 0.152. The summed E-state index contributed by atoms with van der Waals surface area (Å²) in [5.41, 5.74) is 3.99. The Hall–Kier alpha value is -1.19. The van der Waals surface area contributed by atoms with E-state index in [1.807, 2.05) is 0 Å². The highest BCUT2D eigenvalue weighted by atomic mass is 32.1. The average molecular weight is 274 g/mol. The Morgan fingerprint density at radius 3 is 2.53 bits per heavy atom. The molecule has 0 aliphatic rings. The molecule has 19 heavy (non-hydrogen) atoms. The van der Waals surface area contributed by atoms with E-state index in [9.17, 15) is 0 Å². The minimum Gasteiger partial charge on any atom is -0.307 e. The van der Waals surface area contributed by atoms with Crippen molar-refractivity contribution in [3.8, 4) is 0 Å². The third-order valence-corrected chi connectivity index (χ3v) is 4.39. The SMILES string of the molecule is Cc1ccccc1CNCc1csc(C(C)(C)C)n1. The Balaban J connectivity index is 1.90. The number of thiazole rings is 1. The maximum atomic E-state index is 4.69. The zero-order chi connectivity index (χ0) is 13.9. The molecular weight excluding hydrogens is 252 g/mol. The molecule has 0 aliphatic carbocycles. The van der Waals surface area contributed by atoms with Crippen LogP contribution in [0.3, 0.4) is 0 Å². The van der Waals surface area contributed by atoms with Gasteiger partial charge in [0.1, 0.15) is 0 Å². The Bertz CT molecular complexity index is 538. The molecule has 1 aromatic heterocycles. The zero-order valence-electron chi connectivity index (χ0n) is 12.2. The second-order valence-electron chi connectivity index (χ2n) is 5.92. The fourth-order valence-corrected chi connectivity index (χ4v) is 2.77. The second-order valence-corrected chi connectivity index (χ2v) is 6.78. The number of nitrogens with one attached hydrogen (secondary N) is 1. The lowest BCUT2D eigenvalue weighted by Gasteiger charge is -2.13. The van der Waals surface area contributed by atoms with Crippen LogP contribution in [0, 0.1) is 6.92 Å². The molecule has 0 amide bonds. The first-order valence-corrected chi connectivity index (χ1v) is 7.55. The molecule has 2 nitrogen and oxygen atoms in total. The molecule has 102 valence electrons. The number of aryl methyl sites for hydroxylation is 1. The topological polar surface area (TPSA) is 24.9 Å². The van der Waals surface area contributed by atoms with Crippen LogP contribution in [0.5, 0.6) is 0 Å². The molecule has 0 aliphatic heterocycles. The van der Waals surface area contributed by atoms with Gasteiger partial charge in [0.15, 0.2) is 0 Å². The van der Waals surface area contributed by atoms with Gasteiger partial charge in [0, 0.05) is 23.9 Å². The maximum Gasteiger partial charge on any atom is 0.0982 e. The molecule has 1 aromatic carbocycles. The zero-order valence-corrected chi connectivity index (χ0v) is 13.0. The van der Waals surface area contributed by atoms with Crippen molar-refractivity contribution in [3.05, 3.63) is 51.5 Å². The fraction of sp³-hybridized carbons (Fsp3) is 0.438. The van der Waals surface area contributed by atoms with Crippen LogP contribution in [0.4, 0.5) is 0 Å². The number of aromatic nitrogens is 1. The molecule has 3 heteroatoms. The molecule has 0 radical (unpaired) electrons. The molecule has 0 fully saturated rings. The normalized spacial score (nSPS) is 11.8. The number of benzene rings is 1. The van der Waals surface area contributed by atoms with E-state index in [1.54, 1.807) is 11.3 Å². The van der Waals surface area contributed by atoms with E-state index < -0.39 is 0 Å². The van der Waals surface area contributed by atoms with Gasteiger partial charge < -0.3 is 5.32 Å². The first-order valence-electron chi connectivity index (χ1n) is 6.67. The third-order valence-electron chi connectivity index (χ3n) is 3.08. The lowest BCUT2D eigenvalue weighted by Crippen LogP contribution is -2.15. The van der Waals surface area contributed by atoms with Crippen LogP contribution >= 0.6 is 11.3 Å². The predicted octanol–water partition coefficient (Wildman–Crippen LogP) is 4.04. The fourth-order valence-electron chi connectivity index (χ4n) is 1.87. The van der Waals surface area contributed by atoms with Crippen molar-refractivity contribution < 1.29 is 0 Å². The summed E-state index contributed by atoms with van der Waals surface area (Å²) in [6, 6.07) is 8.49. The van der Waals surface area contributed by atoms with Gasteiger partial charge in [0.25, 0.3) is 0 Å². The smallest absolute Gasteiger partial charge is 0.0982 e. The Morgan fingerprint density at radius 2 is 1.89 bits per heavy atom. The second kappa shape index (κ2) is 5.85. The summed E-state index contributed by atoms with van der Waals surface area (Å²) in [6.07, 6.45) is 0. The van der Waals surface area contributed by atoms with E-state index in [0.29, 0.717) is 0 Å². The summed E-state index contributed by atoms with van der Waals surface area (Å²) >= 11 is 1.75. The van der Waals surface area contributed by atoms with Crippen LogP contribution in [0.1, 0.15) is 42.6 Å². The largest absolute Gasteiger partial charge is 0.307 e. The molecule has 1 heterocycles. The van der Waals surface area contributed by atoms with Gasteiger partial charge in [-0.1, -0.05) is 45.0 Å². The Kier molecular flexibility index (Phi) is 4.38. The molecule has 2 aromatic rings. The van der Waals surface area contributed by atoms with E-state index in [2.05, 4.69) is 62.7 Å². The van der Waals surface area contributed by atoms with E-state index >= 15 is 0 Å². The van der Waals surface area contributed by atoms with Crippen molar-refractivity contribution in [3.63, 3.8) is 0 Å². The quantitative estimate of drug-likeness (QED) is 0.910. The molecule has 1 N–H and O–H groups in total. The van der Waals surface area contributed by atoms with Crippen LogP contribution in [-0.2, 0) is 18.5 Å². The molecule has 2 rings (SSSR count). The molecular formula is C16H22N2S. The number of rotatable bonds is 4. The highest BCUT2D eigenvalue weighted by Crippen LogP contribution is 2.25. The summed E-state index contributed by atoms with van der Waals surface area (Å²) in [5.74, 6) is 0. The monoisotopic (exact) mass is 274 g/mol. The van der Waals surface area contributed by atoms with Crippen LogP contribution in [0.25, 0.3) is 0 Å². The van der Waals surface area contributed by atoms with Crippen LogP contribution in [0.2, 0.25) is 0 Å². The predicted molar refractivity (Wildman–Crippen MR) is 82.5 cm³/mol. The van der Waals surface area contributed by atoms with E-state index in [0.717, 1.165) is 18.8 Å². The van der Waals surface area contributed by atoms with E-state index in [1.165, 1.54) is 16.1 Å². The van der Waals surface area contributed by atoms with Crippen molar-refractivity contribution in [2.75, 3.05) is 0 Å². The maximum absolute atomic E-state index is 4.69. The summed E-state index contributed by atoms with van der Waals surface area (Å²) in [4.78, 5) is 4.69. The third kappa shape index (κ3) is 3.88. The van der Waals surface area contributed by atoms with Crippen molar-refractivity contribution in [2.24, 2.45) is 0 Å². The molecule has 0 saturated carbocycles. The number of hydrogen-bond donors (Lipinski definition) is 1. The minimum absolute atomic E-state index is 0.152. The lowest BCUT2D eigenvalue weighted by atomic mass is 9.98. The highest BCUT2D eigenvalue weighted by Gasteiger charge is 2.17. The summed E-state index contributed by atoms with van der Waals surface area (Å²) in [6.45, 7) is 10.5. The molecule has 0 saturated heterocycles. The van der Waals surface area contributed by atoms with E-state index in [4.69, 9.17) is 4.98 Å². The van der Waals surface area contributed by atoms with Crippen molar-refractivity contribution >= 4 is 11.3 Å². The summed E-state index contributed by atoms with van der Waals surface area (Å²) in [7, 11) is 0. The van der Waals surface area contributed by atoms with Crippen LogP contribution < -0.4 is 5.32 Å².